The number of ether oxygens (including phenoxy) is 2. The van der Waals surface area contributed by atoms with E-state index in [0.717, 1.165) is 19.0 Å². The van der Waals surface area contributed by atoms with Gasteiger partial charge in [-0.2, -0.15) is 0 Å². The van der Waals surface area contributed by atoms with Crippen molar-refractivity contribution < 1.29 is 27.5 Å². The molecule has 7 nitrogen and oxygen atoms in total. The van der Waals surface area contributed by atoms with Crippen LogP contribution < -0.4 is 5.32 Å². The van der Waals surface area contributed by atoms with Crippen LogP contribution in [0.2, 0.25) is 6.04 Å². The molecule has 0 bridgehead atoms. The van der Waals surface area contributed by atoms with Crippen LogP contribution in [0.3, 0.4) is 0 Å². The summed E-state index contributed by atoms with van der Waals surface area (Å²) >= 11 is 0. The number of carbonyl (C=O) groups excluding carboxylic acids is 1. The van der Waals surface area contributed by atoms with Crippen LogP contribution in [-0.4, -0.2) is 68.0 Å². The number of esters is 1. The first kappa shape index (κ1) is 23.5. The lowest BCUT2D eigenvalue weighted by molar-refractivity contribution is -0.149. The van der Waals surface area contributed by atoms with Gasteiger partial charge in [-0.05, 0) is 33.7 Å². The van der Waals surface area contributed by atoms with Crippen molar-refractivity contribution in [3.05, 3.63) is 0 Å². The summed E-state index contributed by atoms with van der Waals surface area (Å²) in [6, 6.07) is 0.766. The van der Waals surface area contributed by atoms with Gasteiger partial charge in [-0.25, -0.2) is 0 Å². The van der Waals surface area contributed by atoms with Crippen molar-refractivity contribution in [1.29, 1.82) is 0 Å². The van der Waals surface area contributed by atoms with Gasteiger partial charge in [-0.15, -0.1) is 0 Å². The molecule has 0 radical (unpaired) electrons. The molecule has 1 N–H and O–H groups in total. The summed E-state index contributed by atoms with van der Waals surface area (Å²) in [6.07, 6.45) is 0.873. The minimum atomic E-state index is -2.56. The van der Waals surface area contributed by atoms with E-state index < -0.39 is 8.80 Å². The third-order valence-corrected chi connectivity index (χ3v) is 6.47. The van der Waals surface area contributed by atoms with E-state index in [-0.39, 0.29) is 11.9 Å². The number of carbonyl (C=O) groups is 1. The fourth-order valence-electron chi connectivity index (χ4n) is 2.20. The van der Waals surface area contributed by atoms with Gasteiger partial charge in [0.1, 0.15) is 6.61 Å². The predicted molar refractivity (Wildman–Crippen MR) is 94.9 cm³/mol. The third-order valence-electron chi connectivity index (χ3n) is 3.31. The number of hydrogen-bond donors (Lipinski definition) is 1. The fourth-order valence-corrected chi connectivity index (χ4v) is 4.81. The molecule has 1 atom stereocenters. The Morgan fingerprint density at radius 3 is 2.12 bits per heavy atom. The number of hydrogen-bond acceptors (Lipinski definition) is 7. The van der Waals surface area contributed by atoms with Crippen LogP contribution in [0.1, 0.15) is 34.1 Å². The van der Waals surface area contributed by atoms with E-state index in [9.17, 15) is 4.79 Å². The van der Waals surface area contributed by atoms with Crippen molar-refractivity contribution in [1.82, 2.24) is 5.32 Å². The lowest BCUT2D eigenvalue weighted by atomic mass is 10.2. The Labute approximate surface area is 147 Å². The van der Waals surface area contributed by atoms with Gasteiger partial charge in [0, 0.05) is 39.5 Å². The Morgan fingerprint density at radius 1 is 1.04 bits per heavy atom. The lowest BCUT2D eigenvalue weighted by Gasteiger charge is -2.28. The van der Waals surface area contributed by atoms with Crippen molar-refractivity contribution in [3.8, 4) is 0 Å². The molecule has 0 aromatic heterocycles. The molecule has 0 aromatic carbocycles. The second-order valence-electron chi connectivity index (χ2n) is 5.35. The van der Waals surface area contributed by atoms with Crippen LogP contribution in [0.5, 0.6) is 0 Å². The molecule has 0 aliphatic carbocycles. The van der Waals surface area contributed by atoms with Crippen LogP contribution in [0.15, 0.2) is 0 Å². The van der Waals surface area contributed by atoms with Gasteiger partial charge in [-0.1, -0.05) is 6.92 Å². The van der Waals surface area contributed by atoms with Crippen molar-refractivity contribution >= 4 is 14.8 Å². The van der Waals surface area contributed by atoms with E-state index in [0.29, 0.717) is 39.6 Å². The molecule has 0 fully saturated rings. The van der Waals surface area contributed by atoms with Gasteiger partial charge >= 0.3 is 14.8 Å². The first-order valence-electron chi connectivity index (χ1n) is 8.83. The normalized spacial score (nSPS) is 13.0. The van der Waals surface area contributed by atoms with E-state index in [2.05, 4.69) is 5.32 Å². The van der Waals surface area contributed by atoms with Gasteiger partial charge in [-0.3, -0.25) is 4.79 Å². The molecule has 0 saturated carbocycles. The maximum atomic E-state index is 11.7. The molecule has 1 unspecified atom stereocenters. The first-order chi connectivity index (χ1) is 11.5. The largest absolute Gasteiger partial charge is 0.500 e. The van der Waals surface area contributed by atoms with E-state index in [1.54, 1.807) is 7.11 Å². The topological polar surface area (TPSA) is 75.3 Å². The highest BCUT2D eigenvalue weighted by atomic mass is 28.4. The van der Waals surface area contributed by atoms with E-state index >= 15 is 0 Å². The van der Waals surface area contributed by atoms with Gasteiger partial charge in [0.25, 0.3) is 0 Å². The van der Waals surface area contributed by atoms with Crippen LogP contribution in [0.25, 0.3) is 0 Å². The number of nitrogens with one attached hydrogen (secondary N) is 1. The zero-order valence-corrected chi connectivity index (χ0v) is 16.9. The fraction of sp³-hybridized carbons (Fsp3) is 0.938. The van der Waals surface area contributed by atoms with Gasteiger partial charge < -0.3 is 28.1 Å². The zero-order chi connectivity index (χ0) is 18.3. The smallest absolute Gasteiger partial charge is 0.463 e. The highest BCUT2D eigenvalue weighted by Gasteiger charge is 2.39. The van der Waals surface area contributed by atoms with Gasteiger partial charge in [0.05, 0.1) is 12.5 Å². The summed E-state index contributed by atoms with van der Waals surface area (Å²) in [5.41, 5.74) is 0. The minimum absolute atomic E-state index is 0.186. The maximum Gasteiger partial charge on any atom is 0.500 e. The summed E-state index contributed by atoms with van der Waals surface area (Å²) in [5, 5.41) is 3.28. The highest BCUT2D eigenvalue weighted by Crippen LogP contribution is 2.17. The number of methoxy groups -OCH3 is 1. The summed E-state index contributed by atoms with van der Waals surface area (Å²) in [4.78, 5) is 11.7. The Bertz CT molecular complexity index is 302. The Hall–Kier alpha value is -0.513. The molecular formula is C16H35NO6Si. The molecule has 24 heavy (non-hydrogen) atoms. The number of rotatable bonds is 16. The van der Waals surface area contributed by atoms with Crippen LogP contribution in [-0.2, 0) is 27.5 Å². The Morgan fingerprint density at radius 2 is 1.62 bits per heavy atom. The molecule has 0 aliphatic heterocycles. The Kier molecular flexibility index (Phi) is 14.5. The molecule has 0 rings (SSSR count). The molecule has 8 heteroatoms. The molecular weight excluding hydrogens is 330 g/mol. The van der Waals surface area contributed by atoms with Gasteiger partial charge in [0.2, 0.25) is 0 Å². The maximum absolute atomic E-state index is 11.7. The van der Waals surface area contributed by atoms with E-state index in [4.69, 9.17) is 22.8 Å². The standard InChI is InChI=1S/C16H35NO6Si/c1-6-21-24(22-7-2,23-8-3)13-9-10-17-14-15(4)16(18)20-12-11-19-5/h15,17H,6-14H2,1-5H3. The summed E-state index contributed by atoms with van der Waals surface area (Å²) < 4.78 is 27.4. The SMILES string of the molecule is CCO[Si](CCCNCC(C)C(=O)OCCOC)(OCC)OCC. The minimum Gasteiger partial charge on any atom is -0.463 e. The highest BCUT2D eigenvalue weighted by molar-refractivity contribution is 6.60. The van der Waals surface area contributed by atoms with E-state index in [1.807, 2.05) is 27.7 Å². The zero-order valence-electron chi connectivity index (χ0n) is 15.9. The summed E-state index contributed by atoms with van der Waals surface area (Å²) in [6.45, 7) is 11.5. The molecule has 0 spiro atoms. The molecule has 0 heterocycles. The van der Waals surface area contributed by atoms with Gasteiger partial charge in [0.15, 0.2) is 0 Å². The van der Waals surface area contributed by atoms with Crippen LogP contribution in [0, 0.1) is 5.92 Å². The summed E-state index contributed by atoms with van der Waals surface area (Å²) in [5.74, 6) is -0.393. The molecule has 0 aromatic rings. The second-order valence-corrected chi connectivity index (χ2v) is 8.08. The predicted octanol–water partition coefficient (Wildman–Crippen LogP) is 1.84. The van der Waals surface area contributed by atoms with Crippen molar-refractivity contribution in [2.75, 3.05) is 53.2 Å². The lowest BCUT2D eigenvalue weighted by Crippen LogP contribution is -2.46. The monoisotopic (exact) mass is 365 g/mol. The van der Waals surface area contributed by atoms with Crippen molar-refractivity contribution in [2.45, 2.75) is 40.2 Å². The summed E-state index contributed by atoms with van der Waals surface area (Å²) in [7, 11) is -0.984. The van der Waals surface area contributed by atoms with Crippen LogP contribution in [0.4, 0.5) is 0 Å². The molecule has 144 valence electrons. The third kappa shape index (κ3) is 10.4. The Balaban J connectivity index is 4.04. The van der Waals surface area contributed by atoms with Crippen molar-refractivity contribution in [2.24, 2.45) is 5.92 Å². The quantitative estimate of drug-likeness (QED) is 0.254. The van der Waals surface area contributed by atoms with E-state index in [1.165, 1.54) is 0 Å². The second kappa shape index (κ2) is 14.8. The molecule has 0 saturated heterocycles. The molecule has 0 aliphatic rings. The average molecular weight is 366 g/mol. The van der Waals surface area contributed by atoms with Crippen molar-refractivity contribution in [3.63, 3.8) is 0 Å². The first-order valence-corrected chi connectivity index (χ1v) is 10.8. The average Bonchev–Trinajstić information content (AvgIpc) is 2.55. The molecule has 0 amide bonds. The van der Waals surface area contributed by atoms with Crippen LogP contribution >= 0.6 is 0 Å².